The molecule has 0 unspecified atom stereocenters. The predicted molar refractivity (Wildman–Crippen MR) is 145 cm³/mol. The zero-order chi connectivity index (χ0) is 27.3. The second-order valence-corrected chi connectivity index (χ2v) is 13.6. The van der Waals surface area contributed by atoms with E-state index in [1.807, 2.05) is 0 Å². The van der Waals surface area contributed by atoms with Crippen LogP contribution in [0.5, 0.6) is 0 Å². The number of rotatable bonds is 7. The van der Waals surface area contributed by atoms with E-state index in [1.165, 1.54) is 14.0 Å². The lowest BCUT2D eigenvalue weighted by atomic mass is 9.46. The predicted octanol–water partition coefficient (Wildman–Crippen LogP) is 6.50. The van der Waals surface area contributed by atoms with Gasteiger partial charge in [-0.1, -0.05) is 58.4 Å². The highest BCUT2D eigenvalue weighted by atomic mass is 16.5. The summed E-state index contributed by atoms with van der Waals surface area (Å²) < 4.78 is 11.0. The number of ether oxygens (including phenoxy) is 2. The summed E-state index contributed by atoms with van der Waals surface area (Å²) in [6, 6.07) is 0. The lowest BCUT2D eigenvalue weighted by Gasteiger charge is -2.59. The molecule has 3 fully saturated rings. The summed E-state index contributed by atoms with van der Waals surface area (Å²) in [5.74, 6) is 1.29. The molecule has 4 aliphatic carbocycles. The monoisotopic (exact) mass is 514 g/mol. The van der Waals surface area contributed by atoms with Gasteiger partial charge in [0.25, 0.3) is 0 Å². The van der Waals surface area contributed by atoms with Gasteiger partial charge in [0.05, 0.1) is 19.1 Å². The number of hydrogen-bond acceptors (Lipinski definition) is 5. The highest BCUT2D eigenvalue weighted by Gasteiger charge is 2.61. The highest BCUT2D eigenvalue weighted by molar-refractivity contribution is 5.73. The van der Waals surface area contributed by atoms with Crippen LogP contribution in [0.4, 0.5) is 0 Å². The summed E-state index contributed by atoms with van der Waals surface area (Å²) >= 11 is 0. The molecule has 0 aromatic rings. The Hall–Kier alpha value is -1.62. The van der Waals surface area contributed by atoms with Crippen molar-refractivity contribution in [2.75, 3.05) is 7.11 Å². The van der Waals surface area contributed by atoms with Crippen LogP contribution in [0.15, 0.2) is 23.8 Å². The van der Waals surface area contributed by atoms with Crippen LogP contribution >= 0.6 is 0 Å². The average Bonchev–Trinajstić information content (AvgIpc) is 3.17. The van der Waals surface area contributed by atoms with Gasteiger partial charge >= 0.3 is 11.9 Å². The fourth-order valence-corrected chi connectivity index (χ4v) is 9.30. The maximum absolute atomic E-state index is 13.1. The van der Waals surface area contributed by atoms with Crippen molar-refractivity contribution in [3.05, 3.63) is 23.8 Å². The van der Waals surface area contributed by atoms with E-state index in [9.17, 15) is 14.7 Å². The number of methoxy groups -OCH3 is 1. The first kappa shape index (κ1) is 28.4. The van der Waals surface area contributed by atoms with Gasteiger partial charge in [0.1, 0.15) is 6.10 Å². The second-order valence-electron chi connectivity index (χ2n) is 13.6. The molecule has 0 saturated heterocycles. The van der Waals surface area contributed by atoms with Crippen LogP contribution in [-0.4, -0.2) is 36.4 Å². The van der Waals surface area contributed by atoms with E-state index in [4.69, 9.17) is 9.47 Å². The van der Waals surface area contributed by atoms with Crippen molar-refractivity contribution in [1.82, 2.24) is 0 Å². The third kappa shape index (κ3) is 4.83. The van der Waals surface area contributed by atoms with Gasteiger partial charge in [-0.3, -0.25) is 9.59 Å². The Bertz CT molecular complexity index is 935. The first-order valence-electron chi connectivity index (χ1n) is 14.7. The molecule has 4 aliphatic rings. The summed E-state index contributed by atoms with van der Waals surface area (Å²) in [4.78, 5) is 24.8. The van der Waals surface area contributed by atoms with E-state index < -0.39 is 12.0 Å². The number of hydrogen-bond donors (Lipinski definition) is 1. The molecule has 5 nitrogen and oxygen atoms in total. The van der Waals surface area contributed by atoms with Crippen molar-refractivity contribution in [3.63, 3.8) is 0 Å². The Morgan fingerprint density at radius 3 is 2.38 bits per heavy atom. The number of esters is 2. The molecule has 0 aromatic carbocycles. The molecule has 0 amide bonds. The molecule has 3 saturated carbocycles. The molecule has 10 atom stereocenters. The summed E-state index contributed by atoms with van der Waals surface area (Å²) in [5.41, 5.74) is 2.79. The van der Waals surface area contributed by atoms with Gasteiger partial charge in [-0.05, 0) is 97.7 Å². The molecule has 0 radical (unpaired) electrons. The van der Waals surface area contributed by atoms with Crippen LogP contribution in [0.25, 0.3) is 0 Å². The third-order valence-electron chi connectivity index (χ3n) is 11.6. The van der Waals surface area contributed by atoms with Crippen LogP contribution in [0.2, 0.25) is 0 Å². The van der Waals surface area contributed by atoms with E-state index in [1.54, 1.807) is 5.57 Å². The maximum Gasteiger partial charge on any atom is 0.311 e. The Morgan fingerprint density at radius 2 is 1.76 bits per heavy atom. The minimum absolute atomic E-state index is 0.0227. The van der Waals surface area contributed by atoms with Gasteiger partial charge < -0.3 is 14.6 Å². The summed E-state index contributed by atoms with van der Waals surface area (Å²) in [5, 5.41) is 11.3. The Kier molecular flexibility index (Phi) is 8.06. The molecule has 0 heterocycles. The Labute approximate surface area is 224 Å². The first-order chi connectivity index (χ1) is 17.3. The second kappa shape index (κ2) is 10.5. The van der Waals surface area contributed by atoms with E-state index in [0.29, 0.717) is 30.1 Å². The number of aliphatic hydroxyl groups excluding tert-OH is 1. The minimum Gasteiger partial charge on any atom is -0.469 e. The lowest BCUT2D eigenvalue weighted by Crippen LogP contribution is -2.53. The molecule has 0 spiro atoms. The van der Waals surface area contributed by atoms with Crippen molar-refractivity contribution < 1.29 is 24.2 Å². The summed E-state index contributed by atoms with van der Waals surface area (Å²) in [6.07, 6.45) is 9.51. The van der Waals surface area contributed by atoms with Gasteiger partial charge in [0.15, 0.2) is 0 Å². The molecule has 208 valence electrons. The summed E-state index contributed by atoms with van der Waals surface area (Å²) in [7, 11) is 1.45. The topological polar surface area (TPSA) is 72.8 Å². The van der Waals surface area contributed by atoms with Crippen molar-refractivity contribution in [1.29, 1.82) is 0 Å². The number of fused-ring (bicyclic) bond motifs is 5. The minimum atomic E-state index is -0.764. The fourth-order valence-electron chi connectivity index (χ4n) is 9.30. The van der Waals surface area contributed by atoms with Gasteiger partial charge in [-0.15, -0.1) is 0 Å². The fraction of sp³-hybridized carbons (Fsp3) is 0.812. The lowest BCUT2D eigenvalue weighted by molar-refractivity contribution is -0.159. The number of carbonyl (C=O) groups excluding carboxylic acids is 2. The molecule has 5 heteroatoms. The number of allylic oxidation sites excluding steroid dienone is 2. The molecule has 0 aliphatic heterocycles. The smallest absolute Gasteiger partial charge is 0.311 e. The summed E-state index contributed by atoms with van der Waals surface area (Å²) in [6.45, 7) is 17.0. The Balaban J connectivity index is 1.59. The van der Waals surface area contributed by atoms with Gasteiger partial charge in [-0.2, -0.15) is 0 Å². The van der Waals surface area contributed by atoms with Crippen molar-refractivity contribution >= 4 is 11.9 Å². The molecule has 1 N–H and O–H groups in total. The van der Waals surface area contributed by atoms with E-state index in [2.05, 4.69) is 47.3 Å². The SMILES string of the molecule is C=C(C[C@H](O)[C@@H](C(=O)OC)[C@H]1CC[C@H]2C3=CC[C@H]4[C@H](C)[C@@H](OC(C)=O)CC[C@]4(C)[C@H]3CC[C@]12C)C(C)C. The van der Waals surface area contributed by atoms with Crippen molar-refractivity contribution in [2.45, 2.75) is 105 Å². The van der Waals surface area contributed by atoms with Crippen molar-refractivity contribution in [2.24, 2.45) is 52.3 Å². The van der Waals surface area contributed by atoms with Crippen LogP contribution < -0.4 is 0 Å². The molecular formula is C32H50O5. The molecule has 0 aromatic heterocycles. The van der Waals surface area contributed by atoms with Crippen LogP contribution in [0.1, 0.15) is 92.9 Å². The van der Waals surface area contributed by atoms with Gasteiger partial charge in [-0.25, -0.2) is 0 Å². The van der Waals surface area contributed by atoms with Gasteiger partial charge in [0, 0.05) is 6.92 Å². The van der Waals surface area contributed by atoms with Crippen LogP contribution in [0.3, 0.4) is 0 Å². The largest absolute Gasteiger partial charge is 0.469 e. The van der Waals surface area contributed by atoms with E-state index in [-0.39, 0.29) is 40.7 Å². The molecule has 37 heavy (non-hydrogen) atoms. The van der Waals surface area contributed by atoms with Crippen LogP contribution in [-0.2, 0) is 19.1 Å². The first-order valence-corrected chi connectivity index (χ1v) is 14.7. The Morgan fingerprint density at radius 1 is 1.11 bits per heavy atom. The zero-order valence-corrected chi connectivity index (χ0v) is 24.2. The quantitative estimate of drug-likeness (QED) is 0.310. The van der Waals surface area contributed by atoms with Crippen LogP contribution in [0, 0.1) is 52.3 Å². The number of aliphatic hydroxyl groups is 1. The zero-order valence-electron chi connectivity index (χ0n) is 24.2. The number of carbonyl (C=O) groups is 2. The third-order valence-corrected chi connectivity index (χ3v) is 11.6. The van der Waals surface area contributed by atoms with E-state index in [0.717, 1.165) is 50.5 Å². The highest BCUT2D eigenvalue weighted by Crippen LogP contribution is 2.67. The standard InChI is InChI=1S/C32H50O5/c1-18(2)19(3)17-27(34)29(30(35)36-8)26-12-11-24-22-9-10-23-20(4)28(37-21(5)33)14-16-31(23,6)25(22)13-15-32(24,26)7/h9,18,20,23-29,34H,3,10-17H2,1-2,4-8H3/t20-,23-,24-,25-,26+,27-,28-,29-,31-,32-/m0/s1. The van der Waals surface area contributed by atoms with Gasteiger partial charge in [0.2, 0.25) is 0 Å². The maximum atomic E-state index is 13.1. The average molecular weight is 515 g/mol. The molecular weight excluding hydrogens is 464 g/mol. The molecule has 0 bridgehead atoms. The van der Waals surface area contributed by atoms with Crippen molar-refractivity contribution in [3.8, 4) is 0 Å². The normalized spacial score (nSPS) is 40.5. The molecule has 4 rings (SSSR count). The van der Waals surface area contributed by atoms with E-state index >= 15 is 0 Å².